The molecule has 2 aromatic carbocycles. The molecule has 0 aliphatic heterocycles. The molecular formula is C22H15FN6. The molecule has 0 bridgehead atoms. The largest absolute Gasteiger partial charge is 0.340 e. The van der Waals surface area contributed by atoms with Gasteiger partial charge in [0.15, 0.2) is 0 Å². The van der Waals surface area contributed by atoms with Gasteiger partial charge in [0.1, 0.15) is 23.8 Å². The van der Waals surface area contributed by atoms with Crippen molar-refractivity contribution in [2.24, 2.45) is 0 Å². The Balaban J connectivity index is 1.39. The molecular weight excluding hydrogens is 367 g/mol. The number of imidazole rings is 1. The molecule has 0 atom stereocenters. The Morgan fingerprint density at radius 2 is 1.86 bits per heavy atom. The second kappa shape index (κ2) is 7.12. The molecule has 0 radical (unpaired) electrons. The van der Waals surface area contributed by atoms with E-state index in [-0.39, 0.29) is 5.82 Å². The molecule has 0 spiro atoms. The van der Waals surface area contributed by atoms with Gasteiger partial charge < -0.3 is 10.3 Å². The highest BCUT2D eigenvalue weighted by Gasteiger charge is 2.07. The van der Waals surface area contributed by atoms with E-state index in [0.717, 1.165) is 28.0 Å². The highest BCUT2D eigenvalue weighted by molar-refractivity contribution is 5.80. The van der Waals surface area contributed by atoms with Crippen LogP contribution in [0, 0.1) is 5.82 Å². The number of rotatable bonds is 4. The van der Waals surface area contributed by atoms with E-state index in [1.807, 2.05) is 42.5 Å². The van der Waals surface area contributed by atoms with Crippen molar-refractivity contribution in [1.29, 1.82) is 0 Å². The minimum absolute atomic E-state index is 0.292. The molecule has 0 aliphatic rings. The number of hydrogen-bond donors (Lipinski definition) is 2. The fourth-order valence-corrected chi connectivity index (χ4v) is 3.09. The van der Waals surface area contributed by atoms with Gasteiger partial charge in [-0.2, -0.15) is 0 Å². The van der Waals surface area contributed by atoms with Gasteiger partial charge in [-0.3, -0.25) is 0 Å². The molecule has 5 rings (SSSR count). The number of benzene rings is 2. The summed E-state index contributed by atoms with van der Waals surface area (Å²) < 4.78 is 13.4. The average Bonchev–Trinajstić information content (AvgIpc) is 3.18. The molecule has 140 valence electrons. The number of hydrogen-bond acceptors (Lipinski definition) is 5. The minimum atomic E-state index is -0.292. The molecule has 7 heteroatoms. The van der Waals surface area contributed by atoms with Crippen LogP contribution in [0.1, 0.15) is 0 Å². The first-order valence-electron chi connectivity index (χ1n) is 9.00. The van der Waals surface area contributed by atoms with E-state index < -0.39 is 0 Å². The van der Waals surface area contributed by atoms with Gasteiger partial charge in [0.2, 0.25) is 0 Å². The lowest BCUT2D eigenvalue weighted by atomic mass is 10.2. The summed E-state index contributed by atoms with van der Waals surface area (Å²) in [5, 5.41) is 3.29. The van der Waals surface area contributed by atoms with Gasteiger partial charge in [-0.25, -0.2) is 24.3 Å². The summed E-state index contributed by atoms with van der Waals surface area (Å²) in [6.45, 7) is 0. The van der Waals surface area contributed by atoms with Crippen LogP contribution in [0.15, 0.2) is 79.4 Å². The highest BCUT2D eigenvalue weighted by atomic mass is 19.1. The number of H-pyrrole nitrogens is 1. The van der Waals surface area contributed by atoms with Crippen LogP contribution in [0.25, 0.3) is 33.7 Å². The lowest BCUT2D eigenvalue weighted by Crippen LogP contribution is -1.94. The lowest BCUT2D eigenvalue weighted by Gasteiger charge is -2.08. The molecule has 5 aromatic rings. The molecule has 0 fully saturated rings. The van der Waals surface area contributed by atoms with Crippen molar-refractivity contribution >= 4 is 22.5 Å². The summed E-state index contributed by atoms with van der Waals surface area (Å²) >= 11 is 0. The predicted octanol–water partition coefficient (Wildman–Crippen LogP) is 4.96. The monoisotopic (exact) mass is 382 g/mol. The summed E-state index contributed by atoms with van der Waals surface area (Å²) in [6.07, 6.45) is 4.98. The standard InChI is InChI=1S/C22H15FN6/c23-16-5-6-19-20(11-16)29-22(28-19)14-2-1-3-17(10-14)27-21-7-4-15(12-25-21)18-8-9-24-13-26-18/h1-13H,(H,25,27)(H,28,29). The maximum absolute atomic E-state index is 13.4. The zero-order chi connectivity index (χ0) is 19.6. The van der Waals surface area contributed by atoms with Crippen LogP contribution < -0.4 is 5.32 Å². The van der Waals surface area contributed by atoms with Crippen LogP contribution >= 0.6 is 0 Å². The third-order valence-corrected chi connectivity index (χ3v) is 4.49. The summed E-state index contributed by atoms with van der Waals surface area (Å²) in [5.41, 5.74) is 4.89. The Hall–Kier alpha value is -4.13. The Morgan fingerprint density at radius 1 is 0.897 bits per heavy atom. The average molecular weight is 382 g/mol. The summed E-state index contributed by atoms with van der Waals surface area (Å²) in [5.74, 6) is 1.10. The Kier molecular flexibility index (Phi) is 4.18. The number of nitrogens with one attached hydrogen (secondary N) is 2. The number of halogens is 1. The molecule has 0 saturated carbocycles. The predicted molar refractivity (Wildman–Crippen MR) is 110 cm³/mol. The number of nitrogens with zero attached hydrogens (tertiary/aromatic N) is 4. The molecule has 3 aromatic heterocycles. The number of anilines is 2. The van der Waals surface area contributed by atoms with E-state index in [2.05, 4.69) is 30.2 Å². The van der Waals surface area contributed by atoms with Crippen LogP contribution in [0.5, 0.6) is 0 Å². The quantitative estimate of drug-likeness (QED) is 0.459. The zero-order valence-electron chi connectivity index (χ0n) is 15.2. The van der Waals surface area contributed by atoms with E-state index in [1.54, 1.807) is 18.5 Å². The van der Waals surface area contributed by atoms with Crippen LogP contribution in [0.3, 0.4) is 0 Å². The van der Waals surface area contributed by atoms with E-state index in [1.165, 1.54) is 18.5 Å². The van der Waals surface area contributed by atoms with E-state index in [9.17, 15) is 4.39 Å². The molecule has 2 N–H and O–H groups in total. The topological polar surface area (TPSA) is 79.4 Å². The number of aromatic amines is 1. The molecule has 3 heterocycles. The summed E-state index contributed by atoms with van der Waals surface area (Å²) in [4.78, 5) is 20.3. The van der Waals surface area contributed by atoms with Gasteiger partial charge in [-0.15, -0.1) is 0 Å². The van der Waals surface area contributed by atoms with Crippen LogP contribution in [-0.2, 0) is 0 Å². The van der Waals surface area contributed by atoms with E-state index in [4.69, 9.17) is 0 Å². The normalized spacial score (nSPS) is 10.9. The van der Waals surface area contributed by atoms with Crippen LogP contribution in [-0.4, -0.2) is 24.9 Å². The molecule has 0 unspecified atom stereocenters. The van der Waals surface area contributed by atoms with Gasteiger partial charge in [-0.1, -0.05) is 12.1 Å². The molecule has 0 aliphatic carbocycles. The first-order chi connectivity index (χ1) is 14.2. The smallest absolute Gasteiger partial charge is 0.138 e. The van der Waals surface area contributed by atoms with Crippen molar-refractivity contribution < 1.29 is 4.39 Å². The molecule has 0 saturated heterocycles. The molecule has 29 heavy (non-hydrogen) atoms. The molecule has 6 nitrogen and oxygen atoms in total. The summed E-state index contributed by atoms with van der Waals surface area (Å²) in [7, 11) is 0. The Bertz CT molecular complexity index is 1280. The van der Waals surface area contributed by atoms with Crippen molar-refractivity contribution in [1.82, 2.24) is 24.9 Å². The van der Waals surface area contributed by atoms with Crippen LogP contribution in [0.2, 0.25) is 0 Å². The number of pyridine rings is 1. The fourth-order valence-electron chi connectivity index (χ4n) is 3.09. The van der Waals surface area contributed by atoms with Gasteiger partial charge >= 0.3 is 0 Å². The van der Waals surface area contributed by atoms with E-state index in [0.29, 0.717) is 17.2 Å². The summed E-state index contributed by atoms with van der Waals surface area (Å²) in [6, 6.07) is 18.0. The maximum atomic E-state index is 13.4. The first kappa shape index (κ1) is 17.0. The van der Waals surface area contributed by atoms with Crippen molar-refractivity contribution in [3.05, 3.63) is 85.2 Å². The first-order valence-corrected chi connectivity index (χ1v) is 9.00. The minimum Gasteiger partial charge on any atom is -0.340 e. The Morgan fingerprint density at radius 3 is 2.69 bits per heavy atom. The molecule has 0 amide bonds. The van der Waals surface area contributed by atoms with E-state index >= 15 is 0 Å². The van der Waals surface area contributed by atoms with Crippen molar-refractivity contribution in [3.63, 3.8) is 0 Å². The highest BCUT2D eigenvalue weighted by Crippen LogP contribution is 2.25. The number of aromatic nitrogens is 5. The SMILES string of the molecule is Fc1ccc2nc(-c3cccc(Nc4ccc(-c5ccncn5)cn4)c3)[nH]c2c1. The van der Waals surface area contributed by atoms with Gasteiger partial charge in [0.25, 0.3) is 0 Å². The number of fused-ring (bicyclic) bond motifs is 1. The van der Waals surface area contributed by atoms with Gasteiger partial charge in [0.05, 0.1) is 16.7 Å². The lowest BCUT2D eigenvalue weighted by molar-refractivity contribution is 0.629. The second-order valence-corrected chi connectivity index (χ2v) is 6.48. The Labute approximate surface area is 165 Å². The van der Waals surface area contributed by atoms with Gasteiger partial charge in [-0.05, 0) is 48.5 Å². The second-order valence-electron chi connectivity index (χ2n) is 6.48. The fraction of sp³-hybridized carbons (Fsp3) is 0. The van der Waals surface area contributed by atoms with Crippen LogP contribution in [0.4, 0.5) is 15.9 Å². The maximum Gasteiger partial charge on any atom is 0.138 e. The van der Waals surface area contributed by atoms with Crippen molar-refractivity contribution in [2.45, 2.75) is 0 Å². The van der Waals surface area contributed by atoms with Gasteiger partial charge in [0, 0.05) is 29.2 Å². The third kappa shape index (κ3) is 3.53. The third-order valence-electron chi connectivity index (χ3n) is 4.49. The van der Waals surface area contributed by atoms with Crippen molar-refractivity contribution in [3.8, 4) is 22.6 Å². The zero-order valence-corrected chi connectivity index (χ0v) is 15.2. The van der Waals surface area contributed by atoms with Crippen molar-refractivity contribution in [2.75, 3.05) is 5.32 Å².